The number of piperazine rings is 1. The van der Waals surface area contributed by atoms with Crippen molar-refractivity contribution < 1.29 is 9.18 Å². The van der Waals surface area contributed by atoms with Gasteiger partial charge in [0.25, 0.3) is 0 Å². The number of rotatable bonds is 3. The lowest BCUT2D eigenvalue weighted by Gasteiger charge is -2.34. The minimum Gasteiger partial charge on any atom is -0.384 e. The van der Waals surface area contributed by atoms with Crippen molar-refractivity contribution in [2.24, 2.45) is 0 Å². The van der Waals surface area contributed by atoms with Crippen LogP contribution in [0.5, 0.6) is 0 Å². The number of allylic oxidation sites excluding steroid dienone is 1. The molecule has 32 heavy (non-hydrogen) atoms. The lowest BCUT2D eigenvalue weighted by Crippen LogP contribution is -2.48. The first-order valence-corrected chi connectivity index (χ1v) is 11.5. The normalized spacial score (nSPS) is 15.8. The Balaban J connectivity index is 1.56. The molecule has 1 amide bonds. The van der Waals surface area contributed by atoms with Crippen LogP contribution in [0.2, 0.25) is 5.02 Å². The van der Waals surface area contributed by atoms with Crippen molar-refractivity contribution >= 4 is 56.8 Å². The van der Waals surface area contributed by atoms with E-state index in [-0.39, 0.29) is 22.0 Å². The quantitative estimate of drug-likeness (QED) is 0.570. The van der Waals surface area contributed by atoms with Gasteiger partial charge in [0.05, 0.1) is 16.3 Å². The van der Waals surface area contributed by atoms with E-state index in [9.17, 15) is 4.79 Å². The minimum atomic E-state index is -0.491. The van der Waals surface area contributed by atoms with Crippen LogP contribution in [-0.4, -0.2) is 46.3 Å². The van der Waals surface area contributed by atoms with E-state index in [0.717, 1.165) is 29.0 Å². The van der Waals surface area contributed by atoms with Crippen molar-refractivity contribution in [1.29, 1.82) is 0 Å². The Hall–Kier alpha value is -2.97. The van der Waals surface area contributed by atoms with Gasteiger partial charge in [0.1, 0.15) is 16.3 Å². The number of halogens is 2. The first-order chi connectivity index (χ1) is 15.5. The molecule has 0 unspecified atom stereocenters. The average molecular weight is 470 g/mol. The van der Waals surface area contributed by atoms with E-state index in [2.05, 4.69) is 20.8 Å². The molecule has 6 nitrogen and oxygen atoms in total. The molecule has 0 bridgehead atoms. The molecule has 2 aromatic heterocycles. The number of amides is 1. The molecule has 2 N–H and O–H groups in total. The second-order valence-electron chi connectivity index (χ2n) is 7.86. The Morgan fingerprint density at radius 1 is 1.28 bits per heavy atom. The monoisotopic (exact) mass is 469 g/mol. The van der Waals surface area contributed by atoms with E-state index in [1.165, 1.54) is 17.6 Å². The van der Waals surface area contributed by atoms with Crippen LogP contribution in [0, 0.1) is 5.82 Å². The molecule has 1 saturated heterocycles. The molecule has 2 aliphatic rings. The van der Waals surface area contributed by atoms with Gasteiger partial charge in [0.15, 0.2) is 5.82 Å². The summed E-state index contributed by atoms with van der Waals surface area (Å²) in [6.45, 7) is 5.96. The van der Waals surface area contributed by atoms with Gasteiger partial charge < -0.3 is 15.5 Å². The molecule has 1 aliphatic carbocycles. The van der Waals surface area contributed by atoms with Crippen molar-refractivity contribution in [2.75, 3.05) is 36.8 Å². The van der Waals surface area contributed by atoms with E-state index in [0.29, 0.717) is 43.1 Å². The Bertz CT molecular complexity index is 1280. The zero-order valence-corrected chi connectivity index (χ0v) is 18.8. The molecule has 9 heteroatoms. The van der Waals surface area contributed by atoms with Crippen molar-refractivity contribution in [2.45, 2.75) is 12.8 Å². The van der Waals surface area contributed by atoms with Crippen LogP contribution in [0.3, 0.4) is 0 Å². The number of nitrogens with two attached hydrogens (primary N) is 1. The molecule has 5 rings (SSSR count). The van der Waals surface area contributed by atoms with Gasteiger partial charge in [-0.05, 0) is 48.1 Å². The Morgan fingerprint density at radius 2 is 2.06 bits per heavy atom. The van der Waals surface area contributed by atoms with Crippen LogP contribution >= 0.6 is 23.1 Å². The average Bonchev–Trinajstić information content (AvgIpc) is 3.22. The first kappa shape index (κ1) is 20.9. The van der Waals surface area contributed by atoms with Crippen molar-refractivity contribution in [3.8, 4) is 11.3 Å². The highest BCUT2D eigenvalue weighted by Gasteiger charge is 2.27. The van der Waals surface area contributed by atoms with Crippen LogP contribution in [0.15, 0.2) is 30.9 Å². The zero-order chi connectivity index (χ0) is 22.4. The summed E-state index contributed by atoms with van der Waals surface area (Å²) in [5.41, 5.74) is 8.86. The summed E-state index contributed by atoms with van der Waals surface area (Å²) in [5.74, 6) is -0.227. The number of hydrogen-bond donors (Lipinski definition) is 1. The standard InChI is InChI=1S/C23H21ClFN5OS/c1-2-18(31)29-7-9-30(10-8-29)23-15-12-16(24)19(20(25)22(15)28-32-23)21-14-6-4-3-5-13(14)11-17(26)27-21/h2,4,6,11-12H,1,3,5,7-10H2,(H2,26,27). The number of hydrogen-bond acceptors (Lipinski definition) is 6. The highest BCUT2D eigenvalue weighted by molar-refractivity contribution is 7.11. The van der Waals surface area contributed by atoms with E-state index in [1.807, 2.05) is 18.2 Å². The fraction of sp³-hybridized carbons (Fsp3) is 0.261. The number of aromatic nitrogens is 2. The number of carbonyl (C=O) groups is 1. The van der Waals surface area contributed by atoms with Crippen LogP contribution in [0.1, 0.15) is 17.5 Å². The second-order valence-corrected chi connectivity index (χ2v) is 9.02. The van der Waals surface area contributed by atoms with Crippen LogP contribution in [-0.2, 0) is 11.2 Å². The molecule has 0 atom stereocenters. The van der Waals surface area contributed by atoms with Gasteiger partial charge in [-0.15, -0.1) is 0 Å². The summed E-state index contributed by atoms with van der Waals surface area (Å²) in [5, 5.41) is 1.79. The first-order valence-electron chi connectivity index (χ1n) is 10.4. The van der Waals surface area contributed by atoms with Gasteiger partial charge in [0.2, 0.25) is 5.91 Å². The number of benzene rings is 1. The van der Waals surface area contributed by atoms with Gasteiger partial charge in [0, 0.05) is 37.1 Å². The van der Waals surface area contributed by atoms with Crippen LogP contribution in [0.25, 0.3) is 28.2 Å². The highest BCUT2D eigenvalue weighted by atomic mass is 35.5. The molecular formula is C23H21ClFN5OS. The molecular weight excluding hydrogens is 449 g/mol. The molecule has 164 valence electrons. The number of pyridine rings is 1. The smallest absolute Gasteiger partial charge is 0.246 e. The summed E-state index contributed by atoms with van der Waals surface area (Å²) in [6.07, 6.45) is 7.07. The number of nitrogens with zero attached hydrogens (tertiary/aromatic N) is 4. The fourth-order valence-electron chi connectivity index (χ4n) is 4.36. The molecule has 1 fully saturated rings. The number of carbonyl (C=O) groups excluding carboxylic acids is 1. The number of aryl methyl sites for hydroxylation is 1. The molecule has 1 aliphatic heterocycles. The summed E-state index contributed by atoms with van der Waals surface area (Å²) >= 11 is 7.88. The highest BCUT2D eigenvalue weighted by Crippen LogP contribution is 2.42. The van der Waals surface area contributed by atoms with Gasteiger partial charge in [-0.25, -0.2) is 9.37 Å². The minimum absolute atomic E-state index is 0.0791. The number of anilines is 2. The Morgan fingerprint density at radius 3 is 2.81 bits per heavy atom. The maximum Gasteiger partial charge on any atom is 0.246 e. The van der Waals surface area contributed by atoms with Gasteiger partial charge >= 0.3 is 0 Å². The van der Waals surface area contributed by atoms with Crippen LogP contribution < -0.4 is 10.6 Å². The Kier molecular flexibility index (Phi) is 5.35. The van der Waals surface area contributed by atoms with Crippen LogP contribution in [0.4, 0.5) is 15.2 Å². The maximum absolute atomic E-state index is 15.8. The SMILES string of the molecule is C=CC(=O)N1CCN(c2snc3c(F)c(-c4nc(N)cc5c4C=CCC5)c(Cl)cc23)CC1. The maximum atomic E-state index is 15.8. The molecule has 0 saturated carbocycles. The van der Waals surface area contributed by atoms with E-state index < -0.39 is 5.82 Å². The molecule has 0 spiro atoms. The third kappa shape index (κ3) is 3.43. The summed E-state index contributed by atoms with van der Waals surface area (Å²) < 4.78 is 20.2. The molecule has 3 aromatic rings. The van der Waals surface area contributed by atoms with Crippen molar-refractivity contribution in [1.82, 2.24) is 14.3 Å². The van der Waals surface area contributed by atoms with E-state index in [1.54, 1.807) is 11.0 Å². The molecule has 3 heterocycles. The number of fused-ring (bicyclic) bond motifs is 2. The fourth-order valence-corrected chi connectivity index (χ4v) is 5.55. The summed E-state index contributed by atoms with van der Waals surface area (Å²) in [6, 6.07) is 3.60. The van der Waals surface area contributed by atoms with Crippen molar-refractivity contribution in [3.05, 3.63) is 52.8 Å². The lowest BCUT2D eigenvalue weighted by molar-refractivity contribution is -0.126. The number of nitrogen functional groups attached to an aromatic ring is 1. The van der Waals surface area contributed by atoms with Gasteiger partial charge in [-0.1, -0.05) is 30.3 Å². The van der Waals surface area contributed by atoms with Gasteiger partial charge in [-0.2, -0.15) is 4.37 Å². The lowest BCUT2D eigenvalue weighted by atomic mass is 9.93. The summed E-state index contributed by atoms with van der Waals surface area (Å²) in [4.78, 5) is 20.2. The van der Waals surface area contributed by atoms with Crippen molar-refractivity contribution in [3.63, 3.8) is 0 Å². The third-order valence-electron chi connectivity index (χ3n) is 5.97. The molecule has 0 radical (unpaired) electrons. The largest absolute Gasteiger partial charge is 0.384 e. The topological polar surface area (TPSA) is 75.4 Å². The van der Waals surface area contributed by atoms with Gasteiger partial charge in [-0.3, -0.25) is 4.79 Å². The van der Waals surface area contributed by atoms with E-state index >= 15 is 4.39 Å². The second kappa shape index (κ2) is 8.18. The molecule has 1 aromatic carbocycles. The predicted octanol–water partition coefficient (Wildman–Crippen LogP) is 4.53. The zero-order valence-electron chi connectivity index (χ0n) is 17.3. The summed E-state index contributed by atoms with van der Waals surface area (Å²) in [7, 11) is 0. The third-order valence-corrected chi connectivity index (χ3v) is 7.19. The predicted molar refractivity (Wildman–Crippen MR) is 129 cm³/mol. The van der Waals surface area contributed by atoms with E-state index in [4.69, 9.17) is 17.3 Å². The Labute approximate surface area is 194 Å².